The molecule has 5 nitrogen and oxygen atoms in total. The lowest BCUT2D eigenvalue weighted by molar-refractivity contribution is -0.131. The number of carbonyl (C=O) groups is 1. The number of aliphatic hydroxyl groups excluding tert-OH is 1. The Morgan fingerprint density at radius 2 is 1.89 bits per heavy atom. The molecule has 18 heavy (non-hydrogen) atoms. The molecule has 2 unspecified atom stereocenters. The normalized spacial score (nSPS) is 14.3. The highest BCUT2D eigenvalue weighted by Crippen LogP contribution is 2.03. The highest BCUT2D eigenvalue weighted by atomic mass is 16.3. The van der Waals surface area contributed by atoms with Crippen molar-refractivity contribution in [2.45, 2.75) is 52.1 Å². The molecule has 0 saturated heterocycles. The van der Waals surface area contributed by atoms with Crippen molar-refractivity contribution >= 4 is 5.91 Å². The van der Waals surface area contributed by atoms with Crippen molar-refractivity contribution < 1.29 is 9.90 Å². The van der Waals surface area contributed by atoms with Gasteiger partial charge >= 0.3 is 0 Å². The molecule has 0 radical (unpaired) electrons. The summed E-state index contributed by atoms with van der Waals surface area (Å²) in [4.78, 5) is 13.8. The quantitative estimate of drug-likeness (QED) is 0.528. The van der Waals surface area contributed by atoms with Crippen LogP contribution in [0, 0.1) is 0 Å². The van der Waals surface area contributed by atoms with Crippen molar-refractivity contribution in [2.24, 2.45) is 5.73 Å². The second-order valence-electron chi connectivity index (χ2n) is 4.49. The summed E-state index contributed by atoms with van der Waals surface area (Å²) in [6, 6.07) is 0.225. The van der Waals surface area contributed by atoms with Gasteiger partial charge in [-0.1, -0.05) is 6.92 Å². The summed E-state index contributed by atoms with van der Waals surface area (Å²) < 4.78 is 0. The molecular weight excluding hydrogens is 230 g/mol. The Labute approximate surface area is 111 Å². The molecule has 0 aromatic heterocycles. The van der Waals surface area contributed by atoms with Gasteiger partial charge in [0.1, 0.15) is 0 Å². The summed E-state index contributed by atoms with van der Waals surface area (Å²) in [5.41, 5.74) is 5.71. The number of aliphatic hydroxyl groups is 1. The minimum Gasteiger partial charge on any atom is -0.396 e. The Morgan fingerprint density at radius 3 is 2.28 bits per heavy atom. The van der Waals surface area contributed by atoms with Gasteiger partial charge in [0.05, 0.1) is 0 Å². The summed E-state index contributed by atoms with van der Waals surface area (Å²) in [6.45, 7) is 8.09. The Balaban J connectivity index is 4.28. The molecule has 0 aliphatic heterocycles. The third kappa shape index (κ3) is 6.33. The SMILES string of the molecule is CCC(CCO)NC(CN)CC(=O)N(CC)CC. The largest absolute Gasteiger partial charge is 0.396 e. The average molecular weight is 259 g/mol. The van der Waals surface area contributed by atoms with E-state index in [0.29, 0.717) is 19.4 Å². The van der Waals surface area contributed by atoms with E-state index < -0.39 is 0 Å². The van der Waals surface area contributed by atoms with Crippen molar-refractivity contribution in [1.82, 2.24) is 10.2 Å². The lowest BCUT2D eigenvalue weighted by Gasteiger charge is -2.26. The van der Waals surface area contributed by atoms with E-state index in [1.54, 1.807) is 0 Å². The van der Waals surface area contributed by atoms with Gasteiger partial charge in [0.25, 0.3) is 0 Å². The maximum atomic E-state index is 12.0. The van der Waals surface area contributed by atoms with Crippen LogP contribution in [0.5, 0.6) is 0 Å². The van der Waals surface area contributed by atoms with Crippen molar-refractivity contribution in [1.29, 1.82) is 0 Å². The van der Waals surface area contributed by atoms with Gasteiger partial charge in [-0.15, -0.1) is 0 Å². The number of nitrogens with two attached hydrogens (primary N) is 1. The van der Waals surface area contributed by atoms with Gasteiger partial charge in [-0.05, 0) is 26.7 Å². The van der Waals surface area contributed by atoms with Crippen LogP contribution < -0.4 is 11.1 Å². The van der Waals surface area contributed by atoms with Gasteiger partial charge in [-0.3, -0.25) is 4.79 Å². The van der Waals surface area contributed by atoms with Gasteiger partial charge in [-0.2, -0.15) is 0 Å². The second-order valence-corrected chi connectivity index (χ2v) is 4.49. The number of nitrogens with zero attached hydrogens (tertiary/aromatic N) is 1. The molecule has 4 N–H and O–H groups in total. The van der Waals surface area contributed by atoms with Crippen LogP contribution in [-0.4, -0.2) is 54.2 Å². The second kappa shape index (κ2) is 10.3. The molecule has 0 aliphatic rings. The topological polar surface area (TPSA) is 78.6 Å². The first-order chi connectivity index (χ1) is 8.62. The molecule has 2 atom stereocenters. The van der Waals surface area contributed by atoms with Gasteiger partial charge in [-0.25, -0.2) is 0 Å². The zero-order valence-corrected chi connectivity index (χ0v) is 12.0. The van der Waals surface area contributed by atoms with Gasteiger partial charge in [0.15, 0.2) is 0 Å². The van der Waals surface area contributed by atoms with Crippen molar-refractivity contribution in [2.75, 3.05) is 26.2 Å². The maximum Gasteiger partial charge on any atom is 0.224 e. The number of hydrogen-bond acceptors (Lipinski definition) is 4. The predicted octanol–water partition coefficient (Wildman–Crippen LogP) is 0.323. The van der Waals surface area contributed by atoms with E-state index in [9.17, 15) is 4.79 Å². The molecule has 0 fully saturated rings. The zero-order chi connectivity index (χ0) is 14.0. The molecule has 0 spiro atoms. The van der Waals surface area contributed by atoms with Crippen molar-refractivity contribution in [3.8, 4) is 0 Å². The van der Waals surface area contributed by atoms with Crippen LogP contribution in [0.3, 0.4) is 0 Å². The lowest BCUT2D eigenvalue weighted by Crippen LogP contribution is -2.46. The molecular formula is C13H29N3O2. The van der Waals surface area contributed by atoms with E-state index in [4.69, 9.17) is 10.8 Å². The molecule has 0 bridgehead atoms. The summed E-state index contributed by atoms with van der Waals surface area (Å²) in [6.07, 6.45) is 2.06. The van der Waals surface area contributed by atoms with Gasteiger partial charge in [0, 0.05) is 44.7 Å². The first kappa shape index (κ1) is 17.4. The molecule has 0 aromatic carbocycles. The van der Waals surface area contributed by atoms with E-state index in [-0.39, 0.29) is 24.6 Å². The summed E-state index contributed by atoms with van der Waals surface area (Å²) >= 11 is 0. The smallest absolute Gasteiger partial charge is 0.224 e. The third-order valence-electron chi connectivity index (χ3n) is 3.26. The molecule has 108 valence electrons. The van der Waals surface area contributed by atoms with Crippen LogP contribution in [0.15, 0.2) is 0 Å². The lowest BCUT2D eigenvalue weighted by atomic mass is 10.1. The van der Waals surface area contributed by atoms with Gasteiger partial charge < -0.3 is 21.1 Å². The van der Waals surface area contributed by atoms with Crippen LogP contribution in [0.25, 0.3) is 0 Å². The molecule has 1 amide bonds. The number of carbonyl (C=O) groups excluding carboxylic acids is 1. The van der Waals surface area contributed by atoms with E-state index in [1.807, 2.05) is 18.7 Å². The van der Waals surface area contributed by atoms with Gasteiger partial charge in [0.2, 0.25) is 5.91 Å². The summed E-state index contributed by atoms with van der Waals surface area (Å²) in [5.74, 6) is 0.141. The Kier molecular flexibility index (Phi) is 9.92. The van der Waals surface area contributed by atoms with Crippen LogP contribution >= 0.6 is 0 Å². The van der Waals surface area contributed by atoms with E-state index in [0.717, 1.165) is 19.5 Å². The van der Waals surface area contributed by atoms with Crippen LogP contribution in [0.1, 0.15) is 40.0 Å². The minimum absolute atomic E-state index is 0.00500. The van der Waals surface area contributed by atoms with E-state index >= 15 is 0 Å². The Morgan fingerprint density at radius 1 is 1.28 bits per heavy atom. The maximum absolute atomic E-state index is 12.0. The monoisotopic (exact) mass is 259 g/mol. The fraction of sp³-hybridized carbons (Fsp3) is 0.923. The van der Waals surface area contributed by atoms with E-state index in [2.05, 4.69) is 12.2 Å². The highest BCUT2D eigenvalue weighted by Gasteiger charge is 2.18. The first-order valence-electron chi connectivity index (χ1n) is 6.97. The van der Waals surface area contributed by atoms with Crippen LogP contribution in [0.2, 0.25) is 0 Å². The van der Waals surface area contributed by atoms with Crippen LogP contribution in [0.4, 0.5) is 0 Å². The third-order valence-corrected chi connectivity index (χ3v) is 3.26. The first-order valence-corrected chi connectivity index (χ1v) is 6.97. The average Bonchev–Trinajstić information content (AvgIpc) is 2.38. The molecule has 0 rings (SSSR count). The standard InChI is InChI=1S/C13H29N3O2/c1-4-11(7-8-17)15-12(10-14)9-13(18)16(5-2)6-3/h11-12,15,17H,4-10,14H2,1-3H3. The van der Waals surface area contributed by atoms with Crippen molar-refractivity contribution in [3.63, 3.8) is 0 Å². The zero-order valence-electron chi connectivity index (χ0n) is 12.0. The minimum atomic E-state index is -0.00500. The Hall–Kier alpha value is -0.650. The molecule has 0 heterocycles. The Bertz CT molecular complexity index is 220. The fourth-order valence-electron chi connectivity index (χ4n) is 2.02. The number of hydrogen-bond donors (Lipinski definition) is 3. The number of amides is 1. The fourth-order valence-corrected chi connectivity index (χ4v) is 2.02. The summed E-state index contributed by atoms with van der Waals surface area (Å²) in [5, 5.41) is 12.3. The number of nitrogens with one attached hydrogen (secondary N) is 1. The predicted molar refractivity (Wildman–Crippen MR) is 74.3 cm³/mol. The summed E-state index contributed by atoms with van der Waals surface area (Å²) in [7, 11) is 0. The van der Waals surface area contributed by atoms with Crippen LogP contribution in [-0.2, 0) is 4.79 Å². The number of rotatable bonds is 10. The molecule has 0 aromatic rings. The highest BCUT2D eigenvalue weighted by molar-refractivity contribution is 5.76. The molecule has 5 heteroatoms. The van der Waals surface area contributed by atoms with Crippen molar-refractivity contribution in [3.05, 3.63) is 0 Å². The molecule has 0 aliphatic carbocycles. The van der Waals surface area contributed by atoms with E-state index in [1.165, 1.54) is 0 Å². The molecule has 0 saturated carbocycles.